The second kappa shape index (κ2) is 8.30. The van der Waals surface area contributed by atoms with E-state index < -0.39 is 18.0 Å². The predicted octanol–water partition coefficient (Wildman–Crippen LogP) is 4.06. The minimum Gasteiger partial charge on any atom is -0.361 e. The number of benzene rings is 2. The fraction of sp³-hybridized carbons (Fsp3) is 0.192. The number of aromatic amines is 1. The Labute approximate surface area is 195 Å². The number of nitrogens with one attached hydrogen (secondary N) is 2. The van der Waals surface area contributed by atoms with Gasteiger partial charge in [0.05, 0.1) is 6.54 Å². The lowest BCUT2D eigenvalue weighted by atomic mass is 10.0. The van der Waals surface area contributed by atoms with Crippen molar-refractivity contribution in [3.63, 3.8) is 0 Å². The van der Waals surface area contributed by atoms with E-state index in [2.05, 4.69) is 10.3 Å². The van der Waals surface area contributed by atoms with Gasteiger partial charge in [-0.2, -0.15) is 0 Å². The number of hydrogen-bond acceptors (Lipinski definition) is 3. The molecule has 2 aromatic heterocycles. The highest BCUT2D eigenvalue weighted by Gasteiger charge is 2.39. The topological polar surface area (TPSA) is 87.2 Å². The van der Waals surface area contributed by atoms with Crippen molar-refractivity contribution in [2.75, 3.05) is 6.54 Å². The Bertz CT molecular complexity index is 1450. The molecule has 0 spiro atoms. The van der Waals surface area contributed by atoms with Crippen molar-refractivity contribution in [2.45, 2.75) is 26.3 Å². The van der Waals surface area contributed by atoms with Gasteiger partial charge in [-0.15, -0.1) is 0 Å². The van der Waals surface area contributed by atoms with Crippen LogP contribution >= 0.6 is 0 Å². The molecule has 3 amide bonds. The van der Waals surface area contributed by atoms with Gasteiger partial charge >= 0.3 is 6.03 Å². The Kier molecular flexibility index (Phi) is 5.28. The van der Waals surface area contributed by atoms with Gasteiger partial charge in [-0.05, 0) is 49.7 Å². The quantitative estimate of drug-likeness (QED) is 0.337. The highest BCUT2D eigenvalue weighted by atomic mass is 19.1. The maximum absolute atomic E-state index is 13.7. The Balaban J connectivity index is 1.34. The zero-order chi connectivity index (χ0) is 24.0. The van der Waals surface area contributed by atoms with E-state index in [1.807, 2.05) is 37.4 Å². The smallest absolute Gasteiger partial charge is 0.325 e. The standard InChI is InChI=1S/C26H23FN4O3/c1-15-10-21(16(2)31(15)19-7-5-6-18(27)12-19)24(32)14-30-25(33)23(29-26(30)34)11-17-13-28-22-9-4-3-8-20(17)22/h3-10,12-13,23,28H,11,14H2,1-2H3,(H,29,34). The summed E-state index contributed by atoms with van der Waals surface area (Å²) in [5.41, 5.74) is 4.23. The molecule has 34 heavy (non-hydrogen) atoms. The van der Waals surface area contributed by atoms with E-state index >= 15 is 0 Å². The fourth-order valence-electron chi connectivity index (χ4n) is 4.67. The van der Waals surface area contributed by atoms with Crippen LogP contribution in [0, 0.1) is 19.7 Å². The van der Waals surface area contributed by atoms with Crippen LogP contribution in [0.3, 0.4) is 0 Å². The predicted molar refractivity (Wildman–Crippen MR) is 126 cm³/mol. The summed E-state index contributed by atoms with van der Waals surface area (Å²) in [5.74, 6) is -1.16. The van der Waals surface area contributed by atoms with Gasteiger partial charge in [0.25, 0.3) is 5.91 Å². The van der Waals surface area contributed by atoms with Gasteiger partial charge in [-0.3, -0.25) is 14.5 Å². The highest BCUT2D eigenvalue weighted by molar-refractivity contribution is 6.09. The number of nitrogens with zero attached hydrogens (tertiary/aromatic N) is 2. The summed E-state index contributed by atoms with van der Waals surface area (Å²) in [6.45, 7) is 3.22. The molecule has 3 heterocycles. The molecule has 1 unspecified atom stereocenters. The second-order valence-electron chi connectivity index (χ2n) is 8.51. The van der Waals surface area contributed by atoms with Gasteiger partial charge in [0.1, 0.15) is 11.9 Å². The molecule has 1 atom stereocenters. The lowest BCUT2D eigenvalue weighted by molar-refractivity contribution is -0.127. The number of imide groups is 1. The van der Waals surface area contributed by atoms with E-state index in [4.69, 9.17) is 0 Å². The minimum absolute atomic E-state index is 0.327. The van der Waals surface area contributed by atoms with Crippen molar-refractivity contribution in [3.8, 4) is 5.69 Å². The number of ketones is 1. The number of halogens is 1. The van der Waals surface area contributed by atoms with Gasteiger partial charge in [-0.25, -0.2) is 9.18 Å². The van der Waals surface area contributed by atoms with Crippen LogP contribution in [0.1, 0.15) is 27.3 Å². The van der Waals surface area contributed by atoms with Crippen LogP contribution in [0.15, 0.2) is 60.8 Å². The molecule has 1 aliphatic rings. The molecule has 5 rings (SSSR count). The van der Waals surface area contributed by atoms with Gasteiger partial charge in [0.2, 0.25) is 0 Å². The number of urea groups is 1. The van der Waals surface area contributed by atoms with Crippen LogP contribution in [0.4, 0.5) is 9.18 Å². The summed E-state index contributed by atoms with van der Waals surface area (Å²) in [7, 11) is 0. The summed E-state index contributed by atoms with van der Waals surface area (Å²) < 4.78 is 15.5. The van der Waals surface area contributed by atoms with Gasteiger partial charge in [0.15, 0.2) is 5.78 Å². The summed E-state index contributed by atoms with van der Waals surface area (Å²) in [5, 5.41) is 3.69. The molecule has 0 radical (unpaired) electrons. The third-order valence-electron chi connectivity index (χ3n) is 6.31. The first-order chi connectivity index (χ1) is 16.3. The highest BCUT2D eigenvalue weighted by Crippen LogP contribution is 2.24. The third-order valence-corrected chi connectivity index (χ3v) is 6.31. The normalized spacial score (nSPS) is 15.9. The molecule has 0 bridgehead atoms. The van der Waals surface area contributed by atoms with Crippen LogP contribution in [-0.4, -0.2) is 44.8 Å². The largest absolute Gasteiger partial charge is 0.361 e. The monoisotopic (exact) mass is 458 g/mol. The van der Waals surface area contributed by atoms with Gasteiger partial charge in [-0.1, -0.05) is 24.3 Å². The van der Waals surface area contributed by atoms with Crippen LogP contribution in [-0.2, 0) is 11.2 Å². The number of carbonyl (C=O) groups excluding carboxylic acids is 3. The lowest BCUT2D eigenvalue weighted by Gasteiger charge is -2.13. The molecule has 1 aliphatic heterocycles. The number of amides is 3. The van der Waals surface area contributed by atoms with E-state index in [9.17, 15) is 18.8 Å². The molecule has 4 aromatic rings. The Hall–Kier alpha value is -4.20. The number of aryl methyl sites for hydroxylation is 1. The van der Waals surface area contributed by atoms with Crippen molar-refractivity contribution >= 4 is 28.6 Å². The Morgan fingerprint density at radius 2 is 1.85 bits per heavy atom. The van der Waals surface area contributed by atoms with Crippen molar-refractivity contribution in [1.29, 1.82) is 0 Å². The van der Waals surface area contributed by atoms with Crippen LogP contribution in [0.25, 0.3) is 16.6 Å². The van der Waals surface area contributed by atoms with Crippen LogP contribution in [0.2, 0.25) is 0 Å². The molecule has 2 N–H and O–H groups in total. The molecular formula is C26H23FN4O3. The molecule has 0 aliphatic carbocycles. The fourth-order valence-corrected chi connectivity index (χ4v) is 4.67. The van der Waals surface area contributed by atoms with E-state index in [0.29, 0.717) is 23.4 Å². The molecule has 1 saturated heterocycles. The molecule has 8 heteroatoms. The van der Waals surface area contributed by atoms with E-state index in [1.165, 1.54) is 12.1 Å². The van der Waals surface area contributed by atoms with Crippen molar-refractivity contribution in [1.82, 2.24) is 19.8 Å². The van der Waals surface area contributed by atoms with Crippen molar-refractivity contribution < 1.29 is 18.8 Å². The number of hydrogen-bond donors (Lipinski definition) is 2. The first-order valence-corrected chi connectivity index (χ1v) is 11.0. The number of fused-ring (bicyclic) bond motifs is 1. The molecule has 1 fully saturated rings. The van der Waals surface area contributed by atoms with E-state index in [1.54, 1.807) is 29.7 Å². The van der Waals surface area contributed by atoms with Crippen molar-refractivity contribution in [3.05, 3.63) is 89.1 Å². The minimum atomic E-state index is -0.737. The summed E-state index contributed by atoms with van der Waals surface area (Å²) in [4.78, 5) is 42.8. The lowest BCUT2D eigenvalue weighted by Crippen LogP contribution is -2.36. The summed E-state index contributed by atoms with van der Waals surface area (Å²) in [6, 6.07) is 14.2. The molecule has 0 saturated carbocycles. The number of rotatable bonds is 6. The van der Waals surface area contributed by atoms with Crippen LogP contribution < -0.4 is 5.32 Å². The summed E-state index contributed by atoms with van der Waals surface area (Å²) in [6.07, 6.45) is 2.16. The second-order valence-corrected chi connectivity index (χ2v) is 8.51. The van der Waals surface area contributed by atoms with Gasteiger partial charge < -0.3 is 14.9 Å². The van der Waals surface area contributed by atoms with Gasteiger partial charge in [0, 0.05) is 46.2 Å². The average Bonchev–Trinajstić information content (AvgIpc) is 3.44. The van der Waals surface area contributed by atoms with E-state index in [-0.39, 0.29) is 18.1 Å². The maximum atomic E-state index is 13.7. The number of aromatic nitrogens is 2. The molecule has 7 nitrogen and oxygen atoms in total. The SMILES string of the molecule is Cc1cc(C(=O)CN2C(=O)NC(Cc3c[nH]c4ccccc34)C2=O)c(C)n1-c1cccc(F)c1. The third kappa shape index (κ3) is 3.67. The summed E-state index contributed by atoms with van der Waals surface area (Å²) >= 11 is 0. The van der Waals surface area contributed by atoms with Crippen LogP contribution in [0.5, 0.6) is 0 Å². The molecule has 2 aromatic carbocycles. The number of H-pyrrole nitrogens is 1. The zero-order valence-electron chi connectivity index (χ0n) is 18.8. The number of para-hydroxylation sites is 1. The van der Waals surface area contributed by atoms with Crippen molar-refractivity contribution in [2.24, 2.45) is 0 Å². The first kappa shape index (κ1) is 21.6. The Morgan fingerprint density at radius 1 is 1.06 bits per heavy atom. The number of Topliss-reactive ketones (excluding diaryl/α,β-unsaturated/α-hetero) is 1. The first-order valence-electron chi connectivity index (χ1n) is 11.0. The number of carbonyl (C=O) groups is 3. The molecular weight excluding hydrogens is 435 g/mol. The Morgan fingerprint density at radius 3 is 2.65 bits per heavy atom. The maximum Gasteiger partial charge on any atom is 0.325 e. The average molecular weight is 458 g/mol. The molecule has 172 valence electrons. The zero-order valence-corrected chi connectivity index (χ0v) is 18.8. The van der Waals surface area contributed by atoms with E-state index in [0.717, 1.165) is 27.1 Å².